The lowest BCUT2D eigenvalue weighted by Crippen LogP contribution is -2.36. The van der Waals surface area contributed by atoms with Crippen molar-refractivity contribution in [2.24, 2.45) is 5.92 Å². The van der Waals surface area contributed by atoms with Gasteiger partial charge >= 0.3 is 0 Å². The summed E-state index contributed by atoms with van der Waals surface area (Å²) in [6.45, 7) is 4.93. The molecule has 0 radical (unpaired) electrons. The quantitative estimate of drug-likeness (QED) is 0.673. The largest absolute Gasteiger partial charge is 0.355 e. The summed E-state index contributed by atoms with van der Waals surface area (Å²) < 4.78 is 0. The lowest BCUT2D eigenvalue weighted by atomic mass is 9.86. The average Bonchev–Trinajstić information content (AvgIpc) is 3.06. The maximum atomic E-state index is 12.9. The fraction of sp³-hybridized carbons (Fsp3) is 0.520. The number of amides is 1. The standard InChI is InChI=1S/C25H32N4O2.H2/c1-19-21(10-6-13-26-19)25(31)22-11-5-12-23(27-22)28-14-7-15-29(17-16-28)24(30)18-20-8-3-2-4-9-20;/h5-6,10-13,20H,2-4,7-9,14-18H2,1H3;1H. The van der Waals surface area contributed by atoms with Crippen LogP contribution in [-0.2, 0) is 4.79 Å². The Morgan fingerprint density at radius 3 is 2.65 bits per heavy atom. The van der Waals surface area contributed by atoms with Gasteiger partial charge in [-0.15, -0.1) is 0 Å². The number of carbonyl (C=O) groups is 2. The zero-order chi connectivity index (χ0) is 21.6. The summed E-state index contributed by atoms with van der Waals surface area (Å²) in [6.07, 6.45) is 9.56. The molecule has 1 saturated carbocycles. The minimum absolute atomic E-state index is 0. The Labute approximate surface area is 186 Å². The molecular weight excluding hydrogens is 388 g/mol. The van der Waals surface area contributed by atoms with E-state index < -0.39 is 0 Å². The van der Waals surface area contributed by atoms with E-state index in [-0.39, 0.29) is 7.21 Å². The van der Waals surface area contributed by atoms with Crippen molar-refractivity contribution in [3.05, 3.63) is 53.5 Å². The maximum absolute atomic E-state index is 12.9. The fourth-order valence-corrected chi connectivity index (χ4v) is 4.75. The van der Waals surface area contributed by atoms with Crippen LogP contribution >= 0.6 is 0 Å². The molecular formula is C25H34N4O2. The van der Waals surface area contributed by atoms with Crippen LogP contribution in [-0.4, -0.2) is 52.7 Å². The van der Waals surface area contributed by atoms with E-state index in [1.807, 2.05) is 24.0 Å². The zero-order valence-corrected chi connectivity index (χ0v) is 18.4. The van der Waals surface area contributed by atoms with E-state index in [0.29, 0.717) is 41.7 Å². The van der Waals surface area contributed by atoms with Gasteiger partial charge in [-0.3, -0.25) is 14.6 Å². The van der Waals surface area contributed by atoms with Crippen LogP contribution in [0.1, 0.15) is 68.1 Å². The molecule has 0 N–H and O–H groups in total. The van der Waals surface area contributed by atoms with E-state index in [1.165, 1.54) is 32.1 Å². The van der Waals surface area contributed by atoms with Gasteiger partial charge in [0.15, 0.2) is 0 Å². The fourth-order valence-electron chi connectivity index (χ4n) is 4.75. The molecule has 2 aliphatic rings. The summed E-state index contributed by atoms with van der Waals surface area (Å²) in [5.41, 5.74) is 1.73. The summed E-state index contributed by atoms with van der Waals surface area (Å²) >= 11 is 0. The minimum Gasteiger partial charge on any atom is -0.355 e. The van der Waals surface area contributed by atoms with Crippen LogP contribution in [0.4, 0.5) is 5.82 Å². The molecule has 4 rings (SSSR count). The first-order chi connectivity index (χ1) is 15.1. The van der Waals surface area contributed by atoms with Crippen LogP contribution in [0.2, 0.25) is 0 Å². The van der Waals surface area contributed by atoms with E-state index in [9.17, 15) is 9.59 Å². The topological polar surface area (TPSA) is 66.4 Å². The summed E-state index contributed by atoms with van der Waals surface area (Å²) in [7, 11) is 0. The van der Waals surface area contributed by atoms with Crippen molar-refractivity contribution in [3.8, 4) is 0 Å². The Balaban J connectivity index is 0.00000289. The van der Waals surface area contributed by atoms with Crippen molar-refractivity contribution in [2.45, 2.75) is 51.9 Å². The highest BCUT2D eigenvalue weighted by Gasteiger charge is 2.24. The lowest BCUT2D eigenvalue weighted by molar-refractivity contribution is -0.132. The van der Waals surface area contributed by atoms with Crippen LogP contribution in [0, 0.1) is 12.8 Å². The maximum Gasteiger partial charge on any atom is 0.222 e. The number of aromatic nitrogens is 2. The third-order valence-corrected chi connectivity index (χ3v) is 6.58. The van der Waals surface area contributed by atoms with E-state index >= 15 is 0 Å². The first-order valence-corrected chi connectivity index (χ1v) is 11.6. The van der Waals surface area contributed by atoms with Crippen LogP contribution in [0.25, 0.3) is 0 Å². The average molecular weight is 423 g/mol. The van der Waals surface area contributed by atoms with Crippen LogP contribution < -0.4 is 4.90 Å². The molecule has 0 bridgehead atoms. The van der Waals surface area contributed by atoms with Gasteiger partial charge in [0.1, 0.15) is 11.5 Å². The number of hydrogen-bond donors (Lipinski definition) is 0. The zero-order valence-electron chi connectivity index (χ0n) is 18.4. The first kappa shape index (κ1) is 21.5. The lowest BCUT2D eigenvalue weighted by Gasteiger charge is -2.26. The molecule has 166 valence electrons. The van der Waals surface area contributed by atoms with Crippen molar-refractivity contribution in [3.63, 3.8) is 0 Å². The second-order valence-corrected chi connectivity index (χ2v) is 8.78. The summed E-state index contributed by atoms with van der Waals surface area (Å²) in [5.74, 6) is 1.57. The van der Waals surface area contributed by atoms with Gasteiger partial charge in [-0.25, -0.2) is 4.98 Å². The van der Waals surface area contributed by atoms with E-state index in [4.69, 9.17) is 0 Å². The molecule has 2 aromatic heterocycles. The van der Waals surface area contributed by atoms with Gasteiger partial charge in [-0.2, -0.15) is 0 Å². The highest BCUT2D eigenvalue weighted by Crippen LogP contribution is 2.27. The summed E-state index contributed by atoms with van der Waals surface area (Å²) in [6, 6.07) is 9.17. The first-order valence-electron chi connectivity index (χ1n) is 11.6. The Kier molecular flexibility index (Phi) is 6.95. The Hall–Kier alpha value is -2.76. The molecule has 1 amide bonds. The number of ketones is 1. The monoisotopic (exact) mass is 422 g/mol. The highest BCUT2D eigenvalue weighted by atomic mass is 16.2. The van der Waals surface area contributed by atoms with Gasteiger partial charge in [-0.05, 0) is 56.4 Å². The van der Waals surface area contributed by atoms with Gasteiger partial charge in [0.25, 0.3) is 0 Å². The van der Waals surface area contributed by atoms with E-state index in [0.717, 1.165) is 31.9 Å². The number of carbonyl (C=O) groups excluding carboxylic acids is 2. The second kappa shape index (κ2) is 10.0. The van der Waals surface area contributed by atoms with Crippen LogP contribution in [0.15, 0.2) is 36.5 Å². The molecule has 2 fully saturated rings. The second-order valence-electron chi connectivity index (χ2n) is 8.78. The van der Waals surface area contributed by atoms with Gasteiger partial charge < -0.3 is 9.80 Å². The third kappa shape index (κ3) is 5.30. The summed E-state index contributed by atoms with van der Waals surface area (Å²) in [5, 5.41) is 0. The molecule has 0 aromatic carbocycles. The number of nitrogens with zero attached hydrogens (tertiary/aromatic N) is 4. The molecule has 1 aliphatic carbocycles. The Bertz CT molecular complexity index is 930. The molecule has 2 aromatic rings. The molecule has 1 saturated heterocycles. The number of aryl methyl sites for hydroxylation is 1. The van der Waals surface area contributed by atoms with Crippen LogP contribution in [0.5, 0.6) is 0 Å². The number of rotatable bonds is 5. The smallest absolute Gasteiger partial charge is 0.222 e. The SMILES string of the molecule is Cc1ncccc1C(=O)c1cccc(N2CCCN(C(=O)CC3CCCCC3)CC2)n1.[HH]. The van der Waals surface area contributed by atoms with Crippen molar-refractivity contribution < 1.29 is 11.0 Å². The van der Waals surface area contributed by atoms with Gasteiger partial charge in [0, 0.05) is 51.5 Å². The summed E-state index contributed by atoms with van der Waals surface area (Å²) in [4.78, 5) is 38.9. The minimum atomic E-state index is -0.105. The van der Waals surface area contributed by atoms with Crippen molar-refractivity contribution in [2.75, 3.05) is 31.1 Å². The predicted octanol–water partition coefficient (Wildman–Crippen LogP) is 4.27. The molecule has 0 spiro atoms. The predicted molar refractivity (Wildman–Crippen MR) is 123 cm³/mol. The van der Waals surface area contributed by atoms with Gasteiger partial charge in [0.2, 0.25) is 11.7 Å². The van der Waals surface area contributed by atoms with E-state index in [2.05, 4.69) is 14.9 Å². The van der Waals surface area contributed by atoms with Crippen molar-refractivity contribution in [1.29, 1.82) is 0 Å². The number of hydrogen-bond acceptors (Lipinski definition) is 5. The normalized spacial score (nSPS) is 18.0. The number of pyridine rings is 2. The van der Waals surface area contributed by atoms with Gasteiger partial charge in [-0.1, -0.05) is 25.3 Å². The highest BCUT2D eigenvalue weighted by molar-refractivity contribution is 6.08. The molecule has 6 nitrogen and oxygen atoms in total. The van der Waals surface area contributed by atoms with Crippen molar-refractivity contribution in [1.82, 2.24) is 14.9 Å². The molecule has 31 heavy (non-hydrogen) atoms. The molecule has 0 unspecified atom stereocenters. The molecule has 0 atom stereocenters. The molecule has 3 heterocycles. The van der Waals surface area contributed by atoms with Crippen LogP contribution in [0.3, 0.4) is 0 Å². The molecule has 6 heteroatoms. The Morgan fingerprint density at radius 2 is 1.84 bits per heavy atom. The number of anilines is 1. The third-order valence-electron chi connectivity index (χ3n) is 6.58. The Morgan fingerprint density at radius 1 is 1.00 bits per heavy atom. The van der Waals surface area contributed by atoms with Crippen molar-refractivity contribution >= 4 is 17.5 Å². The van der Waals surface area contributed by atoms with E-state index in [1.54, 1.807) is 24.4 Å². The molecule has 1 aliphatic heterocycles. The van der Waals surface area contributed by atoms with Gasteiger partial charge in [0.05, 0.1) is 0 Å².